The molecule has 4 rings (SSSR count). The average molecular weight is 581 g/mol. The molecule has 3 aromatic rings. The van der Waals surface area contributed by atoms with Crippen LogP contribution in [0.3, 0.4) is 0 Å². The summed E-state index contributed by atoms with van der Waals surface area (Å²) in [5, 5.41) is 17.8. The number of anilines is 2. The molecule has 1 aliphatic rings. The number of hydrogen-bond donors (Lipinski definition) is 2. The minimum absolute atomic E-state index is 0.0324. The lowest BCUT2D eigenvalue weighted by Crippen LogP contribution is -2.26. The maximum absolute atomic E-state index is 13.5. The van der Waals surface area contributed by atoms with Gasteiger partial charge in [0.25, 0.3) is 5.91 Å². The third-order valence-electron chi connectivity index (χ3n) is 8.01. The van der Waals surface area contributed by atoms with E-state index in [-0.39, 0.29) is 35.2 Å². The minimum Gasteiger partial charge on any atom is -0.509 e. The van der Waals surface area contributed by atoms with Crippen molar-refractivity contribution in [1.82, 2.24) is 14.8 Å². The number of hydrogen-bond acceptors (Lipinski definition) is 6. The molecule has 0 bridgehead atoms. The number of aromatic nitrogens is 3. The number of aliphatic imine (C=N–C) groups is 1. The molecule has 3 heterocycles. The number of phenolic OH excluding ortho intramolecular Hbond substituents is 1. The lowest BCUT2D eigenvalue weighted by molar-refractivity contribution is -0.119. The van der Waals surface area contributed by atoms with Crippen LogP contribution in [0.1, 0.15) is 82.3 Å². The second-order valence-corrected chi connectivity index (χ2v) is 11.7. The molecule has 1 fully saturated rings. The third-order valence-corrected chi connectivity index (χ3v) is 8.01. The van der Waals surface area contributed by atoms with Crippen LogP contribution in [0.25, 0.3) is 5.70 Å². The highest BCUT2D eigenvalue weighted by Gasteiger charge is 2.29. The maximum atomic E-state index is 13.5. The van der Waals surface area contributed by atoms with E-state index in [0.717, 1.165) is 34.5 Å². The first kappa shape index (κ1) is 31.5. The smallest absolute Gasteiger partial charge is 0.274 e. The fourth-order valence-corrected chi connectivity index (χ4v) is 5.43. The summed E-state index contributed by atoms with van der Waals surface area (Å²) in [4.78, 5) is 37.2. The number of nitrogens with zero attached hydrogens (tertiary/aromatic N) is 5. The van der Waals surface area contributed by atoms with E-state index in [4.69, 9.17) is 4.99 Å². The molecular weight excluding hydrogens is 539 g/mol. The number of pyridine rings is 1. The first-order chi connectivity index (χ1) is 20.3. The molecule has 1 aliphatic heterocycles. The van der Waals surface area contributed by atoms with Gasteiger partial charge in [0.1, 0.15) is 19.3 Å². The summed E-state index contributed by atoms with van der Waals surface area (Å²) in [6.07, 6.45) is 7.77. The van der Waals surface area contributed by atoms with E-state index in [2.05, 4.69) is 35.8 Å². The summed E-state index contributed by atoms with van der Waals surface area (Å²) in [7, 11) is 1.85. The lowest BCUT2D eigenvalue weighted by atomic mass is 9.82. The van der Waals surface area contributed by atoms with Gasteiger partial charge >= 0.3 is 0 Å². The van der Waals surface area contributed by atoms with E-state index < -0.39 is 5.91 Å². The summed E-state index contributed by atoms with van der Waals surface area (Å²) in [5.74, 6) is 0.118. The van der Waals surface area contributed by atoms with Crippen molar-refractivity contribution in [3.63, 3.8) is 0 Å². The second-order valence-electron chi connectivity index (χ2n) is 11.7. The molecule has 1 unspecified atom stereocenters. The summed E-state index contributed by atoms with van der Waals surface area (Å²) < 4.78 is 1.74. The van der Waals surface area contributed by atoms with Crippen molar-refractivity contribution in [2.75, 3.05) is 16.8 Å². The molecule has 2 atom stereocenters. The van der Waals surface area contributed by atoms with Gasteiger partial charge in [-0.1, -0.05) is 39.5 Å². The van der Waals surface area contributed by atoms with Crippen molar-refractivity contribution < 1.29 is 14.7 Å². The average Bonchev–Trinajstić information content (AvgIpc) is 3.56. The van der Waals surface area contributed by atoms with E-state index in [1.165, 1.54) is 0 Å². The van der Waals surface area contributed by atoms with Gasteiger partial charge in [-0.25, -0.2) is 4.99 Å². The fourth-order valence-electron chi connectivity index (χ4n) is 5.43. The zero-order valence-electron chi connectivity index (χ0n) is 26.4. The monoisotopic (exact) mass is 580 g/mol. The lowest BCUT2D eigenvalue weighted by Gasteiger charge is -2.19. The van der Waals surface area contributed by atoms with Crippen LogP contribution in [0.5, 0.6) is 5.75 Å². The Morgan fingerprint density at radius 3 is 2.58 bits per heavy atom. The number of nitrogens with one attached hydrogen (secondary N) is 1. The van der Waals surface area contributed by atoms with Gasteiger partial charge in [-0.05, 0) is 74.3 Å². The molecule has 2 amide bonds. The van der Waals surface area contributed by atoms with Crippen LogP contribution in [0.4, 0.5) is 11.4 Å². The highest BCUT2D eigenvalue weighted by Crippen LogP contribution is 2.30. The van der Waals surface area contributed by atoms with Gasteiger partial charge in [0, 0.05) is 24.2 Å². The number of aryl methyl sites for hydroxylation is 1. The predicted molar refractivity (Wildman–Crippen MR) is 176 cm³/mol. The summed E-state index contributed by atoms with van der Waals surface area (Å²) >= 11 is 0. The van der Waals surface area contributed by atoms with Crippen LogP contribution < -0.4 is 15.7 Å². The predicted octanol–water partition coefficient (Wildman–Crippen LogP) is 4.67. The molecule has 43 heavy (non-hydrogen) atoms. The van der Waals surface area contributed by atoms with Gasteiger partial charge in [-0.2, -0.15) is 5.10 Å². The number of aromatic hydroxyl groups is 1. The molecule has 10 heteroatoms. The highest BCUT2D eigenvalue weighted by molar-refractivity contribution is 6.49. The van der Waals surface area contributed by atoms with Crippen LogP contribution in [0, 0.1) is 12.8 Å². The summed E-state index contributed by atoms with van der Waals surface area (Å²) in [6, 6.07) is 5.37. The molecule has 2 aromatic heterocycles. The number of rotatable bonds is 9. The first-order valence-electron chi connectivity index (χ1n) is 14.7. The number of allylic oxidation sites excluding steroid dienone is 1. The van der Waals surface area contributed by atoms with E-state index in [1.54, 1.807) is 41.2 Å². The van der Waals surface area contributed by atoms with Crippen molar-refractivity contribution in [3.05, 3.63) is 77.4 Å². The third kappa shape index (κ3) is 6.48. The standard InChI is InChI=1S/C33H41BN6O3/c1-9-26(28-25(18(2)3)10-11-27(41)29(28)34)38-30(19(4)5)32(42)37-23-15-36-40(17-23)22(8)31-21(7)14-24(16-35-31)39-13-12-20(6)33(39)43/h9-11,14-18,20,22,41H,4,12-13,34H2,1-3,5-8H3,(H,37,42)/b26-9-,38-30+/t20-,22?/m1/s1. The van der Waals surface area contributed by atoms with Gasteiger partial charge in [0.2, 0.25) is 5.91 Å². The van der Waals surface area contributed by atoms with Gasteiger partial charge in [0.05, 0.1) is 41.2 Å². The largest absolute Gasteiger partial charge is 0.509 e. The Morgan fingerprint density at radius 2 is 2.00 bits per heavy atom. The van der Waals surface area contributed by atoms with E-state index >= 15 is 0 Å². The second kappa shape index (κ2) is 12.8. The molecule has 1 saturated heterocycles. The Bertz CT molecular complexity index is 1640. The number of amides is 2. The van der Waals surface area contributed by atoms with Crippen LogP contribution >= 0.6 is 0 Å². The molecule has 2 N–H and O–H groups in total. The first-order valence-corrected chi connectivity index (χ1v) is 14.7. The molecule has 0 saturated carbocycles. The number of phenols is 1. The van der Waals surface area contributed by atoms with Gasteiger partial charge in [-0.15, -0.1) is 0 Å². The number of benzene rings is 1. The van der Waals surface area contributed by atoms with Crippen molar-refractivity contribution >= 4 is 47.9 Å². The maximum Gasteiger partial charge on any atom is 0.274 e. The van der Waals surface area contributed by atoms with Crippen molar-refractivity contribution in [2.45, 2.75) is 66.8 Å². The zero-order chi connectivity index (χ0) is 31.6. The molecule has 0 aliphatic carbocycles. The van der Waals surface area contributed by atoms with Crippen molar-refractivity contribution in [3.8, 4) is 5.75 Å². The molecular formula is C33H41BN6O3. The van der Waals surface area contributed by atoms with Crippen LogP contribution in [-0.2, 0) is 9.59 Å². The zero-order valence-corrected chi connectivity index (χ0v) is 26.4. The molecule has 1 aromatic carbocycles. The quantitative estimate of drug-likeness (QED) is 0.282. The number of carbonyl (C=O) groups excluding carboxylic acids is 2. The van der Waals surface area contributed by atoms with E-state index in [0.29, 0.717) is 29.0 Å². The Hall–Kier alpha value is -4.47. The van der Waals surface area contributed by atoms with Crippen molar-refractivity contribution in [2.24, 2.45) is 10.9 Å². The normalized spacial score (nSPS) is 16.6. The number of carbonyl (C=O) groups is 2. The Morgan fingerprint density at radius 1 is 1.28 bits per heavy atom. The Balaban J connectivity index is 1.56. The summed E-state index contributed by atoms with van der Waals surface area (Å²) in [5.41, 5.74) is 6.93. The van der Waals surface area contributed by atoms with Crippen LogP contribution in [0.2, 0.25) is 0 Å². The van der Waals surface area contributed by atoms with Crippen LogP contribution in [-0.4, -0.2) is 51.8 Å². The molecule has 224 valence electrons. The van der Waals surface area contributed by atoms with Gasteiger partial charge in [0.15, 0.2) is 0 Å². The highest BCUT2D eigenvalue weighted by atomic mass is 16.3. The topological polar surface area (TPSA) is 113 Å². The SMILES string of the molecule is Bc1c(O)ccc(C(C)C)c1C(=C/C)/N=C(\C(=C)C)C(=O)Nc1cnn(C(C)c2ncc(N3CC[C@@H](C)C3=O)cc2C)c1. The summed E-state index contributed by atoms with van der Waals surface area (Å²) in [6.45, 7) is 18.4. The van der Waals surface area contributed by atoms with Gasteiger partial charge < -0.3 is 15.3 Å². The molecule has 9 nitrogen and oxygen atoms in total. The molecule has 0 spiro atoms. The van der Waals surface area contributed by atoms with Crippen LogP contribution in [0.15, 0.2) is 60.0 Å². The molecule has 0 radical (unpaired) electrons. The van der Waals surface area contributed by atoms with E-state index in [1.807, 2.05) is 53.7 Å². The van der Waals surface area contributed by atoms with E-state index in [9.17, 15) is 14.7 Å². The minimum atomic E-state index is -0.411. The van der Waals surface area contributed by atoms with Crippen molar-refractivity contribution in [1.29, 1.82) is 0 Å². The Kier molecular flexibility index (Phi) is 9.38. The fraction of sp³-hybridized carbons (Fsp3) is 0.364. The Labute approximate surface area is 254 Å². The van der Waals surface area contributed by atoms with Gasteiger partial charge in [-0.3, -0.25) is 19.3 Å².